The molecule has 0 aromatic carbocycles. The van der Waals surface area contributed by atoms with E-state index in [2.05, 4.69) is 10.1 Å². The Morgan fingerprint density at radius 3 is 3.08 bits per heavy atom. The summed E-state index contributed by atoms with van der Waals surface area (Å²) < 4.78 is 1.36. The van der Waals surface area contributed by atoms with E-state index >= 15 is 0 Å². The van der Waals surface area contributed by atoms with Crippen molar-refractivity contribution >= 4 is 17.4 Å². The van der Waals surface area contributed by atoms with E-state index in [1.807, 2.05) is 0 Å². The second-order valence-corrected chi connectivity index (χ2v) is 2.48. The van der Waals surface area contributed by atoms with Crippen LogP contribution in [-0.4, -0.2) is 25.7 Å². The molecule has 0 aliphatic carbocycles. The van der Waals surface area contributed by atoms with Gasteiger partial charge in [-0.3, -0.25) is 0 Å². The Kier molecular flexibility index (Phi) is 1.42. The van der Waals surface area contributed by atoms with E-state index in [4.69, 9.17) is 10.8 Å². The molecule has 0 spiro atoms. The molecule has 6 heteroatoms. The Morgan fingerprint density at radius 1 is 1.62 bits per heavy atom. The summed E-state index contributed by atoms with van der Waals surface area (Å²) in [6.07, 6.45) is 2.80. The SMILES string of the molecule is Nc1ccn2ncc(C(=O)O)c2n1. The highest BCUT2D eigenvalue weighted by Crippen LogP contribution is 2.08. The largest absolute Gasteiger partial charge is 0.477 e. The minimum absolute atomic E-state index is 0.0484. The van der Waals surface area contributed by atoms with Crippen molar-refractivity contribution in [3.05, 3.63) is 24.0 Å². The van der Waals surface area contributed by atoms with Gasteiger partial charge in [-0.15, -0.1) is 0 Å². The zero-order valence-corrected chi connectivity index (χ0v) is 6.51. The van der Waals surface area contributed by atoms with E-state index in [0.29, 0.717) is 0 Å². The standard InChI is InChI=1S/C7H6N4O2/c8-5-1-2-11-6(10-5)4(3-9-11)7(12)13/h1-3H,(H2,8,10)(H,12,13). The second-order valence-electron chi connectivity index (χ2n) is 2.48. The van der Waals surface area contributed by atoms with Crippen LogP contribution >= 0.6 is 0 Å². The van der Waals surface area contributed by atoms with Crippen molar-refractivity contribution in [1.82, 2.24) is 14.6 Å². The summed E-state index contributed by atoms with van der Waals surface area (Å²) in [4.78, 5) is 14.5. The molecule has 0 aliphatic rings. The molecule has 0 atom stereocenters. The van der Waals surface area contributed by atoms with E-state index < -0.39 is 5.97 Å². The number of aromatic carboxylic acids is 1. The summed E-state index contributed by atoms with van der Waals surface area (Å²) >= 11 is 0. The molecule has 0 saturated heterocycles. The number of hydrogen-bond donors (Lipinski definition) is 2. The van der Waals surface area contributed by atoms with Gasteiger partial charge in [-0.05, 0) is 6.07 Å². The van der Waals surface area contributed by atoms with E-state index in [1.165, 1.54) is 10.7 Å². The number of anilines is 1. The Morgan fingerprint density at radius 2 is 2.38 bits per heavy atom. The predicted octanol–water partition coefficient (Wildman–Crippen LogP) is 0.00970. The molecule has 2 aromatic heterocycles. The van der Waals surface area contributed by atoms with Gasteiger partial charge in [0.05, 0.1) is 6.20 Å². The Labute approximate surface area is 72.6 Å². The minimum Gasteiger partial charge on any atom is -0.477 e. The van der Waals surface area contributed by atoms with Crippen molar-refractivity contribution < 1.29 is 9.90 Å². The highest BCUT2D eigenvalue weighted by atomic mass is 16.4. The van der Waals surface area contributed by atoms with Crippen molar-refractivity contribution in [2.75, 3.05) is 5.73 Å². The van der Waals surface area contributed by atoms with Gasteiger partial charge in [0.25, 0.3) is 0 Å². The van der Waals surface area contributed by atoms with Crippen LogP contribution in [0, 0.1) is 0 Å². The first-order valence-electron chi connectivity index (χ1n) is 3.51. The molecular formula is C7H6N4O2. The molecule has 0 fully saturated rings. The quantitative estimate of drug-likeness (QED) is 0.641. The number of nitrogens with zero attached hydrogens (tertiary/aromatic N) is 3. The summed E-state index contributed by atoms with van der Waals surface area (Å²) in [7, 11) is 0. The molecule has 2 aromatic rings. The highest BCUT2D eigenvalue weighted by Gasteiger charge is 2.11. The molecular weight excluding hydrogens is 172 g/mol. The number of nitrogens with two attached hydrogens (primary N) is 1. The maximum atomic E-state index is 10.7. The number of carboxylic acids is 1. The van der Waals surface area contributed by atoms with Gasteiger partial charge in [-0.1, -0.05) is 0 Å². The lowest BCUT2D eigenvalue weighted by molar-refractivity contribution is 0.0699. The molecule has 66 valence electrons. The van der Waals surface area contributed by atoms with Crippen LogP contribution in [0.4, 0.5) is 5.82 Å². The zero-order chi connectivity index (χ0) is 9.42. The number of nitrogen functional groups attached to an aromatic ring is 1. The summed E-state index contributed by atoms with van der Waals surface area (Å²) in [6.45, 7) is 0. The van der Waals surface area contributed by atoms with Crippen molar-refractivity contribution in [1.29, 1.82) is 0 Å². The molecule has 13 heavy (non-hydrogen) atoms. The molecule has 0 aliphatic heterocycles. The summed E-state index contributed by atoms with van der Waals surface area (Å²) in [5.74, 6) is -0.788. The van der Waals surface area contributed by atoms with Gasteiger partial charge in [0.1, 0.15) is 11.4 Å². The first-order chi connectivity index (χ1) is 6.18. The van der Waals surface area contributed by atoms with Gasteiger partial charge in [-0.25, -0.2) is 14.3 Å². The molecule has 2 heterocycles. The predicted molar refractivity (Wildman–Crippen MR) is 44.4 cm³/mol. The van der Waals surface area contributed by atoms with Crippen LogP contribution in [-0.2, 0) is 0 Å². The monoisotopic (exact) mass is 178 g/mol. The van der Waals surface area contributed by atoms with Crippen molar-refractivity contribution in [3.63, 3.8) is 0 Å². The molecule has 3 N–H and O–H groups in total. The number of rotatable bonds is 1. The van der Waals surface area contributed by atoms with Gasteiger partial charge >= 0.3 is 5.97 Å². The third-order valence-corrected chi connectivity index (χ3v) is 1.62. The van der Waals surface area contributed by atoms with Crippen LogP contribution < -0.4 is 5.73 Å². The maximum Gasteiger partial charge on any atom is 0.341 e. The van der Waals surface area contributed by atoms with Crippen molar-refractivity contribution in [2.24, 2.45) is 0 Å². The first kappa shape index (κ1) is 7.53. The maximum absolute atomic E-state index is 10.7. The zero-order valence-electron chi connectivity index (χ0n) is 6.51. The fourth-order valence-corrected chi connectivity index (χ4v) is 1.03. The third kappa shape index (κ3) is 1.08. The van der Waals surface area contributed by atoms with Gasteiger partial charge in [0.15, 0.2) is 5.65 Å². The molecule has 0 amide bonds. The number of aromatic nitrogens is 3. The van der Waals surface area contributed by atoms with Gasteiger partial charge in [-0.2, -0.15) is 5.10 Å². The van der Waals surface area contributed by atoms with E-state index in [1.54, 1.807) is 12.3 Å². The average molecular weight is 178 g/mol. The molecule has 2 rings (SSSR count). The number of carboxylic acid groups (broad SMARTS) is 1. The average Bonchev–Trinajstić information content (AvgIpc) is 2.46. The summed E-state index contributed by atoms with van der Waals surface area (Å²) in [5, 5.41) is 12.5. The van der Waals surface area contributed by atoms with E-state index in [9.17, 15) is 4.79 Å². The minimum atomic E-state index is -1.06. The highest BCUT2D eigenvalue weighted by molar-refractivity contribution is 5.94. The lowest BCUT2D eigenvalue weighted by Crippen LogP contribution is -1.99. The fraction of sp³-hybridized carbons (Fsp3) is 0. The molecule has 0 saturated carbocycles. The van der Waals surface area contributed by atoms with Crippen LogP contribution in [0.3, 0.4) is 0 Å². The Hall–Kier alpha value is -2.11. The van der Waals surface area contributed by atoms with E-state index in [0.717, 1.165) is 0 Å². The third-order valence-electron chi connectivity index (χ3n) is 1.62. The normalized spacial score (nSPS) is 10.5. The smallest absolute Gasteiger partial charge is 0.341 e. The van der Waals surface area contributed by atoms with Crippen molar-refractivity contribution in [3.8, 4) is 0 Å². The topological polar surface area (TPSA) is 93.5 Å². The van der Waals surface area contributed by atoms with Crippen LogP contribution in [0.25, 0.3) is 5.65 Å². The van der Waals surface area contributed by atoms with Crippen LogP contribution in [0.1, 0.15) is 10.4 Å². The summed E-state index contributed by atoms with van der Waals surface area (Å²) in [5.41, 5.74) is 5.71. The van der Waals surface area contributed by atoms with Crippen LogP contribution in [0.5, 0.6) is 0 Å². The molecule has 0 bridgehead atoms. The Bertz CT molecular complexity index is 476. The Balaban J connectivity index is 2.79. The molecule has 0 radical (unpaired) electrons. The number of hydrogen-bond acceptors (Lipinski definition) is 4. The van der Waals surface area contributed by atoms with Crippen LogP contribution in [0.15, 0.2) is 18.5 Å². The molecule has 0 unspecified atom stereocenters. The van der Waals surface area contributed by atoms with Crippen molar-refractivity contribution in [2.45, 2.75) is 0 Å². The van der Waals surface area contributed by atoms with E-state index in [-0.39, 0.29) is 17.0 Å². The first-order valence-corrected chi connectivity index (χ1v) is 3.51. The van der Waals surface area contributed by atoms with Gasteiger partial charge in [0.2, 0.25) is 0 Å². The lowest BCUT2D eigenvalue weighted by atomic mass is 10.3. The number of carbonyl (C=O) groups is 1. The lowest BCUT2D eigenvalue weighted by Gasteiger charge is -1.94. The molecule has 6 nitrogen and oxygen atoms in total. The summed E-state index contributed by atoms with van der Waals surface area (Å²) in [6, 6.07) is 1.55. The number of fused-ring (bicyclic) bond motifs is 1. The fourth-order valence-electron chi connectivity index (χ4n) is 1.03. The second kappa shape index (κ2) is 2.44. The van der Waals surface area contributed by atoms with Crippen LogP contribution in [0.2, 0.25) is 0 Å². The van der Waals surface area contributed by atoms with Gasteiger partial charge in [0, 0.05) is 6.20 Å². The van der Waals surface area contributed by atoms with Gasteiger partial charge < -0.3 is 10.8 Å².